The van der Waals surface area contributed by atoms with E-state index < -0.39 is 5.60 Å². The number of amides is 2. The van der Waals surface area contributed by atoms with Crippen molar-refractivity contribution < 1.29 is 14.3 Å². The zero-order chi connectivity index (χ0) is 16.6. The molecule has 1 aromatic carbocycles. The summed E-state index contributed by atoms with van der Waals surface area (Å²) in [5.41, 5.74) is 0.713. The fourth-order valence-electron chi connectivity index (χ4n) is 3.24. The number of ether oxygens (including phenoxy) is 1. The molecule has 0 radical (unpaired) electrons. The third-order valence-electron chi connectivity index (χ3n) is 4.50. The van der Waals surface area contributed by atoms with Crippen molar-refractivity contribution in [3.8, 4) is 0 Å². The third kappa shape index (κ3) is 2.67. The molecule has 2 saturated heterocycles. The number of benzene rings is 1. The van der Waals surface area contributed by atoms with Crippen molar-refractivity contribution in [1.29, 1.82) is 0 Å². The van der Waals surface area contributed by atoms with Crippen molar-refractivity contribution in [1.82, 2.24) is 14.5 Å². The van der Waals surface area contributed by atoms with Crippen LogP contribution in [0.3, 0.4) is 0 Å². The Morgan fingerprint density at radius 2 is 2.08 bits per heavy atom. The maximum Gasteiger partial charge on any atom is 0.275 e. The molecule has 0 aliphatic carbocycles. The molecule has 24 heavy (non-hydrogen) atoms. The van der Waals surface area contributed by atoms with Crippen LogP contribution in [0.15, 0.2) is 35.7 Å². The molecule has 8 heteroatoms. The normalized spacial score (nSPS) is 23.9. The average molecular weight is 344 g/mol. The highest BCUT2D eigenvalue weighted by molar-refractivity contribution is 7.03. The summed E-state index contributed by atoms with van der Waals surface area (Å²) in [5, 5.41) is 5.49. The lowest BCUT2D eigenvalue weighted by atomic mass is 10.00. The van der Waals surface area contributed by atoms with Crippen LogP contribution < -0.4 is 4.90 Å². The Morgan fingerprint density at radius 3 is 2.83 bits per heavy atom. The molecule has 1 unspecified atom stereocenters. The van der Waals surface area contributed by atoms with Gasteiger partial charge in [0.2, 0.25) is 0 Å². The molecular formula is C16H16N4O3S. The van der Waals surface area contributed by atoms with Gasteiger partial charge in [0, 0.05) is 17.6 Å². The SMILES string of the molecule is O=C(c1csnn1)N1CCC2(C1)CN(c1ccccc1)C(=O)CO2. The van der Waals surface area contributed by atoms with Gasteiger partial charge >= 0.3 is 0 Å². The number of carbonyl (C=O) groups excluding carboxylic acids is 2. The van der Waals surface area contributed by atoms with Gasteiger partial charge in [-0.1, -0.05) is 22.7 Å². The van der Waals surface area contributed by atoms with Crippen LogP contribution in [0.1, 0.15) is 16.9 Å². The number of nitrogens with zero attached hydrogens (tertiary/aromatic N) is 4. The van der Waals surface area contributed by atoms with E-state index in [0.717, 1.165) is 17.2 Å². The smallest absolute Gasteiger partial charge is 0.275 e. The third-order valence-corrected chi connectivity index (χ3v) is 5.00. The van der Waals surface area contributed by atoms with Gasteiger partial charge in [-0.15, -0.1) is 5.10 Å². The van der Waals surface area contributed by atoms with E-state index in [1.807, 2.05) is 30.3 Å². The summed E-state index contributed by atoms with van der Waals surface area (Å²) in [4.78, 5) is 28.2. The van der Waals surface area contributed by atoms with Gasteiger partial charge in [0.05, 0.1) is 13.1 Å². The van der Waals surface area contributed by atoms with E-state index in [9.17, 15) is 9.59 Å². The summed E-state index contributed by atoms with van der Waals surface area (Å²) >= 11 is 1.16. The minimum Gasteiger partial charge on any atom is -0.361 e. The molecule has 1 aromatic heterocycles. The van der Waals surface area contributed by atoms with Gasteiger partial charge in [0.1, 0.15) is 12.2 Å². The second-order valence-electron chi connectivity index (χ2n) is 6.05. The van der Waals surface area contributed by atoms with Crippen molar-refractivity contribution in [3.05, 3.63) is 41.4 Å². The molecule has 2 aliphatic heterocycles. The standard InChI is InChI=1S/C16H16N4O3S/c21-14-8-23-16(11-20(14)12-4-2-1-3-5-12)6-7-19(10-16)15(22)13-9-24-18-17-13/h1-5,9H,6-8,10-11H2. The molecule has 1 atom stereocenters. The summed E-state index contributed by atoms with van der Waals surface area (Å²) < 4.78 is 9.61. The van der Waals surface area contributed by atoms with Crippen LogP contribution in [-0.2, 0) is 9.53 Å². The molecule has 2 fully saturated rings. The minimum atomic E-state index is -0.511. The number of carbonyl (C=O) groups is 2. The summed E-state index contributed by atoms with van der Waals surface area (Å²) in [7, 11) is 0. The van der Waals surface area contributed by atoms with Crippen molar-refractivity contribution in [2.75, 3.05) is 31.1 Å². The summed E-state index contributed by atoms with van der Waals surface area (Å²) in [6, 6.07) is 9.56. The lowest BCUT2D eigenvalue weighted by molar-refractivity contribution is -0.137. The topological polar surface area (TPSA) is 75.6 Å². The van der Waals surface area contributed by atoms with Crippen LogP contribution in [0.4, 0.5) is 5.69 Å². The van der Waals surface area contributed by atoms with Gasteiger partial charge < -0.3 is 14.5 Å². The van der Waals surface area contributed by atoms with E-state index in [1.165, 1.54) is 0 Å². The lowest BCUT2D eigenvalue weighted by Gasteiger charge is -2.40. The molecule has 3 heterocycles. The van der Waals surface area contributed by atoms with E-state index in [0.29, 0.717) is 31.7 Å². The quantitative estimate of drug-likeness (QED) is 0.818. The number of hydrogen-bond donors (Lipinski definition) is 0. The van der Waals surface area contributed by atoms with E-state index in [2.05, 4.69) is 9.59 Å². The van der Waals surface area contributed by atoms with E-state index in [4.69, 9.17) is 4.74 Å². The Kier molecular flexibility index (Phi) is 3.78. The predicted octanol–water partition coefficient (Wildman–Crippen LogP) is 1.19. The second kappa shape index (κ2) is 5.95. The fraction of sp³-hybridized carbons (Fsp3) is 0.375. The molecule has 2 amide bonds. The number of morpholine rings is 1. The maximum atomic E-state index is 12.4. The number of anilines is 1. The molecule has 2 aliphatic rings. The molecule has 7 nitrogen and oxygen atoms in total. The van der Waals surface area contributed by atoms with Crippen LogP contribution in [0, 0.1) is 0 Å². The van der Waals surface area contributed by atoms with E-state index >= 15 is 0 Å². The molecular weight excluding hydrogens is 328 g/mol. The highest BCUT2D eigenvalue weighted by Crippen LogP contribution is 2.32. The summed E-state index contributed by atoms with van der Waals surface area (Å²) in [5.74, 6) is -0.187. The minimum absolute atomic E-state index is 0.0369. The van der Waals surface area contributed by atoms with Crippen LogP contribution in [-0.4, -0.2) is 58.1 Å². The number of hydrogen-bond acceptors (Lipinski definition) is 6. The van der Waals surface area contributed by atoms with Gasteiger partial charge in [-0.2, -0.15) is 0 Å². The highest BCUT2D eigenvalue weighted by atomic mass is 32.1. The Hall–Kier alpha value is -2.32. The largest absolute Gasteiger partial charge is 0.361 e. The molecule has 0 N–H and O–H groups in total. The Balaban J connectivity index is 1.52. The van der Waals surface area contributed by atoms with Crippen molar-refractivity contribution in [2.24, 2.45) is 0 Å². The molecule has 124 valence electrons. The first kappa shape index (κ1) is 15.2. The monoisotopic (exact) mass is 344 g/mol. The van der Waals surface area contributed by atoms with Crippen molar-refractivity contribution in [2.45, 2.75) is 12.0 Å². The number of aromatic nitrogens is 2. The highest BCUT2D eigenvalue weighted by Gasteiger charge is 2.46. The van der Waals surface area contributed by atoms with Crippen LogP contribution >= 0.6 is 11.5 Å². The first-order chi connectivity index (χ1) is 11.7. The van der Waals surface area contributed by atoms with Gasteiger partial charge in [-0.05, 0) is 30.1 Å². The van der Waals surface area contributed by atoms with Gasteiger partial charge in [-0.3, -0.25) is 9.59 Å². The molecule has 1 spiro atoms. The Bertz CT molecular complexity index is 752. The van der Waals surface area contributed by atoms with E-state index in [1.54, 1.807) is 15.2 Å². The predicted molar refractivity (Wildman–Crippen MR) is 87.9 cm³/mol. The van der Waals surface area contributed by atoms with Crippen LogP contribution in [0.25, 0.3) is 0 Å². The fourth-order valence-corrected chi connectivity index (χ4v) is 3.67. The van der Waals surface area contributed by atoms with Crippen LogP contribution in [0.5, 0.6) is 0 Å². The first-order valence-electron chi connectivity index (χ1n) is 7.73. The molecule has 2 aromatic rings. The second-order valence-corrected chi connectivity index (χ2v) is 6.66. The zero-order valence-electron chi connectivity index (χ0n) is 12.9. The van der Waals surface area contributed by atoms with Crippen LogP contribution in [0.2, 0.25) is 0 Å². The summed E-state index contributed by atoms with van der Waals surface area (Å²) in [6.07, 6.45) is 0.701. The maximum absolute atomic E-state index is 12.4. The molecule has 0 bridgehead atoms. The summed E-state index contributed by atoms with van der Waals surface area (Å²) in [6.45, 7) is 1.54. The van der Waals surface area contributed by atoms with Gasteiger partial charge in [0.15, 0.2) is 5.69 Å². The number of para-hydroxylation sites is 1. The van der Waals surface area contributed by atoms with Crippen molar-refractivity contribution in [3.63, 3.8) is 0 Å². The lowest BCUT2D eigenvalue weighted by Crippen LogP contribution is -2.56. The zero-order valence-corrected chi connectivity index (χ0v) is 13.7. The first-order valence-corrected chi connectivity index (χ1v) is 8.56. The average Bonchev–Trinajstić information content (AvgIpc) is 3.28. The Labute approximate surface area is 143 Å². The number of rotatable bonds is 2. The van der Waals surface area contributed by atoms with Gasteiger partial charge in [0.25, 0.3) is 11.8 Å². The Morgan fingerprint density at radius 1 is 1.25 bits per heavy atom. The molecule has 0 saturated carbocycles. The molecule has 4 rings (SSSR count). The number of likely N-dealkylation sites (tertiary alicyclic amines) is 1. The van der Waals surface area contributed by atoms with Crippen molar-refractivity contribution >= 4 is 29.0 Å². The van der Waals surface area contributed by atoms with E-state index in [-0.39, 0.29) is 18.4 Å². The van der Waals surface area contributed by atoms with Gasteiger partial charge in [-0.25, -0.2) is 0 Å².